The molecule has 1 amide bonds. The minimum absolute atomic E-state index is 0.0563. The molecular weight excluding hydrogens is 336 g/mol. The molecule has 5 nitrogen and oxygen atoms in total. The lowest BCUT2D eigenvalue weighted by Gasteiger charge is -2.06. The SMILES string of the molecule is O=C(NCc1ccccc1)c1ccc(CBr)c([N+](=O)[O-])c1. The van der Waals surface area contributed by atoms with Gasteiger partial charge in [-0.05, 0) is 11.6 Å². The van der Waals surface area contributed by atoms with Gasteiger partial charge in [-0.3, -0.25) is 14.9 Å². The second-order valence-corrected chi connectivity index (χ2v) is 4.96. The largest absolute Gasteiger partial charge is 0.348 e. The molecule has 21 heavy (non-hydrogen) atoms. The predicted octanol–water partition coefficient (Wildman–Crippen LogP) is 3.42. The van der Waals surface area contributed by atoms with E-state index in [-0.39, 0.29) is 17.2 Å². The van der Waals surface area contributed by atoms with Crippen LogP contribution in [0, 0.1) is 10.1 Å². The maximum absolute atomic E-state index is 12.0. The number of nitro benzene ring substituents is 1. The van der Waals surface area contributed by atoms with Gasteiger partial charge in [0.05, 0.1) is 4.92 Å². The molecular formula is C15H13BrN2O3. The number of halogens is 1. The van der Waals surface area contributed by atoms with Gasteiger partial charge in [-0.25, -0.2) is 0 Å². The minimum atomic E-state index is -0.482. The number of rotatable bonds is 5. The van der Waals surface area contributed by atoms with Gasteiger partial charge >= 0.3 is 0 Å². The number of nitro groups is 1. The number of benzene rings is 2. The minimum Gasteiger partial charge on any atom is -0.348 e. The average Bonchev–Trinajstić information content (AvgIpc) is 2.52. The molecule has 2 aromatic rings. The Balaban J connectivity index is 2.12. The Morgan fingerprint density at radius 1 is 1.19 bits per heavy atom. The zero-order chi connectivity index (χ0) is 15.2. The lowest BCUT2D eigenvalue weighted by Crippen LogP contribution is -2.22. The van der Waals surface area contributed by atoms with Crippen molar-refractivity contribution in [3.8, 4) is 0 Å². The summed E-state index contributed by atoms with van der Waals surface area (Å²) in [4.78, 5) is 22.6. The highest BCUT2D eigenvalue weighted by Gasteiger charge is 2.16. The maximum atomic E-state index is 12.0. The van der Waals surface area contributed by atoms with Crippen LogP contribution in [0.25, 0.3) is 0 Å². The van der Waals surface area contributed by atoms with E-state index in [2.05, 4.69) is 21.2 Å². The number of hydrogen-bond acceptors (Lipinski definition) is 3. The summed E-state index contributed by atoms with van der Waals surface area (Å²) in [7, 11) is 0. The zero-order valence-electron chi connectivity index (χ0n) is 11.1. The van der Waals surface area contributed by atoms with Gasteiger partial charge in [0.2, 0.25) is 0 Å². The second-order valence-electron chi connectivity index (χ2n) is 4.40. The van der Waals surface area contributed by atoms with E-state index in [4.69, 9.17) is 0 Å². The van der Waals surface area contributed by atoms with E-state index in [1.165, 1.54) is 6.07 Å². The summed E-state index contributed by atoms with van der Waals surface area (Å²) in [6.45, 7) is 0.383. The predicted molar refractivity (Wildman–Crippen MR) is 83.3 cm³/mol. The van der Waals surface area contributed by atoms with Crippen molar-refractivity contribution in [2.45, 2.75) is 11.9 Å². The third-order valence-corrected chi connectivity index (χ3v) is 3.59. The highest BCUT2D eigenvalue weighted by Crippen LogP contribution is 2.22. The average molecular weight is 349 g/mol. The van der Waals surface area contributed by atoms with Gasteiger partial charge in [0.25, 0.3) is 11.6 Å². The third-order valence-electron chi connectivity index (χ3n) is 2.98. The summed E-state index contributed by atoms with van der Waals surface area (Å²) in [5.41, 5.74) is 1.73. The first kappa shape index (κ1) is 15.2. The molecule has 2 aromatic carbocycles. The molecule has 0 aliphatic rings. The van der Waals surface area contributed by atoms with Crippen molar-refractivity contribution in [1.29, 1.82) is 0 Å². The Labute approximate surface area is 130 Å². The topological polar surface area (TPSA) is 72.2 Å². The number of hydrogen-bond donors (Lipinski definition) is 1. The van der Waals surface area contributed by atoms with Crippen molar-refractivity contribution in [3.05, 3.63) is 75.3 Å². The highest BCUT2D eigenvalue weighted by atomic mass is 79.9. The summed E-state index contributed by atoms with van der Waals surface area (Å²) in [5, 5.41) is 14.1. The third kappa shape index (κ3) is 3.88. The molecule has 2 rings (SSSR count). The van der Waals surface area contributed by atoms with Gasteiger partial charge in [-0.1, -0.05) is 52.3 Å². The van der Waals surface area contributed by atoms with Crippen molar-refractivity contribution in [2.24, 2.45) is 0 Å². The van der Waals surface area contributed by atoms with Crippen LogP contribution in [0.5, 0.6) is 0 Å². The van der Waals surface area contributed by atoms with Gasteiger partial charge in [-0.15, -0.1) is 0 Å². The Bertz CT molecular complexity index is 659. The van der Waals surface area contributed by atoms with Crippen LogP contribution in [0.15, 0.2) is 48.5 Å². The molecule has 0 bridgehead atoms. The molecule has 0 unspecified atom stereocenters. The van der Waals surface area contributed by atoms with Gasteiger partial charge in [0, 0.05) is 29.1 Å². The summed E-state index contributed by atoms with van der Waals surface area (Å²) in [6, 6.07) is 13.9. The second kappa shape index (κ2) is 6.99. The van der Waals surface area contributed by atoms with Crippen LogP contribution in [0.3, 0.4) is 0 Å². The van der Waals surface area contributed by atoms with E-state index in [0.717, 1.165) is 5.56 Å². The number of nitrogens with one attached hydrogen (secondary N) is 1. The fraction of sp³-hybridized carbons (Fsp3) is 0.133. The molecule has 0 fully saturated rings. The molecule has 0 spiro atoms. The standard InChI is InChI=1S/C15H13BrN2O3/c16-9-13-7-6-12(8-14(13)18(20)21)15(19)17-10-11-4-2-1-3-5-11/h1-8H,9-10H2,(H,17,19). The van der Waals surface area contributed by atoms with Crippen LogP contribution in [0.2, 0.25) is 0 Å². The van der Waals surface area contributed by atoms with Gasteiger partial charge in [0.1, 0.15) is 0 Å². The summed E-state index contributed by atoms with van der Waals surface area (Å²) >= 11 is 3.19. The Kier molecular flexibility index (Phi) is 5.05. The molecule has 0 saturated heterocycles. The smallest absolute Gasteiger partial charge is 0.274 e. The normalized spacial score (nSPS) is 10.1. The van der Waals surface area contributed by atoms with Crippen LogP contribution in [-0.4, -0.2) is 10.8 Å². The molecule has 6 heteroatoms. The molecule has 1 N–H and O–H groups in total. The first-order chi connectivity index (χ1) is 10.1. The quantitative estimate of drug-likeness (QED) is 0.511. The van der Waals surface area contributed by atoms with Crippen LogP contribution >= 0.6 is 15.9 Å². The van der Waals surface area contributed by atoms with E-state index < -0.39 is 4.92 Å². The van der Waals surface area contributed by atoms with Crippen LogP contribution in [0.1, 0.15) is 21.5 Å². The van der Waals surface area contributed by atoms with Crippen LogP contribution in [0.4, 0.5) is 5.69 Å². The van der Waals surface area contributed by atoms with Gasteiger partial charge < -0.3 is 5.32 Å². The first-order valence-corrected chi connectivity index (χ1v) is 7.39. The molecule has 0 heterocycles. The van der Waals surface area contributed by atoms with Crippen molar-refractivity contribution in [1.82, 2.24) is 5.32 Å². The fourth-order valence-electron chi connectivity index (χ4n) is 1.87. The lowest BCUT2D eigenvalue weighted by molar-refractivity contribution is -0.385. The van der Waals surface area contributed by atoms with E-state index in [1.807, 2.05) is 30.3 Å². The van der Waals surface area contributed by atoms with Crippen molar-refractivity contribution >= 4 is 27.5 Å². The number of amides is 1. The van der Waals surface area contributed by atoms with Crippen molar-refractivity contribution in [2.75, 3.05) is 0 Å². The van der Waals surface area contributed by atoms with E-state index in [9.17, 15) is 14.9 Å². The molecule has 0 saturated carbocycles. The number of carbonyl (C=O) groups is 1. The number of carbonyl (C=O) groups excluding carboxylic acids is 1. The van der Waals surface area contributed by atoms with E-state index >= 15 is 0 Å². The van der Waals surface area contributed by atoms with Crippen LogP contribution in [-0.2, 0) is 11.9 Å². The molecule has 0 aliphatic heterocycles. The maximum Gasteiger partial charge on any atom is 0.274 e. The molecule has 0 radical (unpaired) electrons. The summed E-state index contributed by atoms with van der Waals surface area (Å²) < 4.78 is 0. The van der Waals surface area contributed by atoms with Crippen LogP contribution < -0.4 is 5.32 Å². The van der Waals surface area contributed by atoms with Crippen molar-refractivity contribution < 1.29 is 9.72 Å². The highest BCUT2D eigenvalue weighted by molar-refractivity contribution is 9.08. The number of alkyl halides is 1. The fourth-order valence-corrected chi connectivity index (χ4v) is 2.34. The molecule has 0 aliphatic carbocycles. The zero-order valence-corrected chi connectivity index (χ0v) is 12.7. The Morgan fingerprint density at radius 2 is 1.90 bits per heavy atom. The Hall–Kier alpha value is -2.21. The molecule has 0 aromatic heterocycles. The van der Waals surface area contributed by atoms with Gasteiger partial charge in [-0.2, -0.15) is 0 Å². The lowest BCUT2D eigenvalue weighted by atomic mass is 10.1. The van der Waals surface area contributed by atoms with E-state index in [1.54, 1.807) is 12.1 Å². The Morgan fingerprint density at radius 3 is 2.52 bits per heavy atom. The monoisotopic (exact) mass is 348 g/mol. The number of nitrogens with zero attached hydrogens (tertiary/aromatic N) is 1. The van der Waals surface area contributed by atoms with E-state index in [0.29, 0.717) is 17.4 Å². The molecule has 108 valence electrons. The van der Waals surface area contributed by atoms with Crippen molar-refractivity contribution in [3.63, 3.8) is 0 Å². The van der Waals surface area contributed by atoms with Gasteiger partial charge in [0.15, 0.2) is 0 Å². The first-order valence-electron chi connectivity index (χ1n) is 6.27. The summed E-state index contributed by atoms with van der Waals surface area (Å²) in [6.07, 6.45) is 0. The molecule has 0 atom stereocenters. The summed E-state index contributed by atoms with van der Waals surface area (Å²) in [5.74, 6) is -0.330.